The van der Waals surface area contributed by atoms with Gasteiger partial charge in [0.15, 0.2) is 11.6 Å². The van der Waals surface area contributed by atoms with Gasteiger partial charge in [-0.2, -0.15) is 0 Å². The van der Waals surface area contributed by atoms with Crippen LogP contribution >= 0.6 is 0 Å². The molecule has 0 spiro atoms. The van der Waals surface area contributed by atoms with E-state index < -0.39 is 29.6 Å². The molecule has 3 aromatic carbocycles. The van der Waals surface area contributed by atoms with E-state index >= 15 is 0 Å². The van der Waals surface area contributed by atoms with Gasteiger partial charge < -0.3 is 10.1 Å². The third-order valence-electron chi connectivity index (χ3n) is 4.47. The highest BCUT2D eigenvalue weighted by atomic mass is 19.2. The van der Waals surface area contributed by atoms with Crippen molar-refractivity contribution < 1.29 is 23.1 Å². The predicted molar refractivity (Wildman–Crippen MR) is 105 cm³/mol. The van der Waals surface area contributed by atoms with E-state index in [1.807, 2.05) is 54.6 Å². The van der Waals surface area contributed by atoms with Crippen molar-refractivity contribution in [2.45, 2.75) is 12.5 Å². The lowest BCUT2D eigenvalue weighted by atomic mass is 10.0. The second kappa shape index (κ2) is 9.10. The standard InChI is InChI=1S/C23H19F2NO3/c1-29-23(28)21(26-22(27)18-11-12-19(24)20(25)14-18)13-15-7-9-17(10-8-15)16-5-3-2-4-6-16/h2-12,14,21H,13H2,1H3,(H,26,27)/t21-/m1/s1. The van der Waals surface area contributed by atoms with Crippen LogP contribution in [0.3, 0.4) is 0 Å². The minimum absolute atomic E-state index is 0.0859. The number of hydrogen-bond acceptors (Lipinski definition) is 3. The molecule has 3 aromatic rings. The first-order chi connectivity index (χ1) is 14.0. The number of carbonyl (C=O) groups excluding carboxylic acids is 2. The van der Waals surface area contributed by atoms with E-state index in [0.29, 0.717) is 0 Å². The molecule has 0 saturated heterocycles. The highest BCUT2D eigenvalue weighted by Gasteiger charge is 2.23. The van der Waals surface area contributed by atoms with Crippen LogP contribution < -0.4 is 5.32 Å². The summed E-state index contributed by atoms with van der Waals surface area (Å²) < 4.78 is 31.2. The van der Waals surface area contributed by atoms with Crippen LogP contribution in [-0.4, -0.2) is 25.0 Å². The molecule has 0 heterocycles. The maximum atomic E-state index is 13.4. The summed E-state index contributed by atoms with van der Waals surface area (Å²) >= 11 is 0. The van der Waals surface area contributed by atoms with E-state index in [-0.39, 0.29) is 12.0 Å². The number of benzene rings is 3. The van der Waals surface area contributed by atoms with Crippen LogP contribution in [0.25, 0.3) is 11.1 Å². The van der Waals surface area contributed by atoms with Gasteiger partial charge in [-0.25, -0.2) is 13.6 Å². The van der Waals surface area contributed by atoms with Crippen LogP contribution in [0.4, 0.5) is 8.78 Å². The summed E-state index contributed by atoms with van der Waals surface area (Å²) in [6, 6.07) is 19.2. The normalized spacial score (nSPS) is 11.6. The molecule has 6 heteroatoms. The molecule has 0 aliphatic carbocycles. The van der Waals surface area contributed by atoms with E-state index in [0.717, 1.165) is 34.9 Å². The maximum absolute atomic E-state index is 13.4. The molecule has 0 unspecified atom stereocenters. The highest BCUT2D eigenvalue weighted by Crippen LogP contribution is 2.20. The van der Waals surface area contributed by atoms with Crippen LogP contribution in [-0.2, 0) is 16.0 Å². The molecule has 0 saturated carbocycles. The van der Waals surface area contributed by atoms with Crippen molar-refractivity contribution >= 4 is 11.9 Å². The van der Waals surface area contributed by atoms with Gasteiger partial charge in [0, 0.05) is 12.0 Å². The van der Waals surface area contributed by atoms with Crippen molar-refractivity contribution in [3.8, 4) is 11.1 Å². The van der Waals surface area contributed by atoms with Crippen molar-refractivity contribution in [3.05, 3.63) is 95.6 Å². The summed E-state index contributed by atoms with van der Waals surface area (Å²) in [6.07, 6.45) is 0.192. The SMILES string of the molecule is COC(=O)[C@@H](Cc1ccc(-c2ccccc2)cc1)NC(=O)c1ccc(F)c(F)c1. The number of esters is 1. The summed E-state index contributed by atoms with van der Waals surface area (Å²) in [5.41, 5.74) is 2.81. The van der Waals surface area contributed by atoms with Crippen molar-refractivity contribution in [2.24, 2.45) is 0 Å². The lowest BCUT2D eigenvalue weighted by Crippen LogP contribution is -2.43. The Labute approximate surface area is 167 Å². The third kappa shape index (κ3) is 5.04. The van der Waals surface area contributed by atoms with Crippen LogP contribution in [0.15, 0.2) is 72.8 Å². The van der Waals surface area contributed by atoms with E-state index in [9.17, 15) is 18.4 Å². The Bertz CT molecular complexity index is 1000. The van der Waals surface area contributed by atoms with Crippen molar-refractivity contribution in [1.82, 2.24) is 5.32 Å². The molecule has 1 N–H and O–H groups in total. The number of carbonyl (C=O) groups is 2. The van der Waals surface area contributed by atoms with Crippen molar-refractivity contribution in [3.63, 3.8) is 0 Å². The summed E-state index contributed by atoms with van der Waals surface area (Å²) in [5, 5.41) is 2.52. The Morgan fingerprint density at radius 3 is 2.17 bits per heavy atom. The fraction of sp³-hybridized carbons (Fsp3) is 0.130. The molecule has 29 heavy (non-hydrogen) atoms. The fourth-order valence-electron chi connectivity index (χ4n) is 2.91. The molecule has 0 aliphatic rings. The Balaban J connectivity index is 1.74. The topological polar surface area (TPSA) is 55.4 Å². The zero-order chi connectivity index (χ0) is 20.8. The van der Waals surface area contributed by atoms with Crippen LogP contribution in [0.5, 0.6) is 0 Å². The summed E-state index contributed by atoms with van der Waals surface area (Å²) in [4.78, 5) is 24.5. The second-order valence-corrected chi connectivity index (χ2v) is 6.45. The van der Waals surface area contributed by atoms with Gasteiger partial charge in [0.1, 0.15) is 6.04 Å². The number of rotatable bonds is 6. The zero-order valence-corrected chi connectivity index (χ0v) is 15.7. The third-order valence-corrected chi connectivity index (χ3v) is 4.47. The first-order valence-electron chi connectivity index (χ1n) is 8.96. The molecule has 1 atom stereocenters. The summed E-state index contributed by atoms with van der Waals surface area (Å²) in [6.45, 7) is 0. The van der Waals surface area contributed by atoms with Gasteiger partial charge in [-0.3, -0.25) is 4.79 Å². The first kappa shape index (κ1) is 20.2. The highest BCUT2D eigenvalue weighted by molar-refractivity contribution is 5.96. The van der Waals surface area contributed by atoms with E-state index in [1.165, 1.54) is 7.11 Å². The average Bonchev–Trinajstić information content (AvgIpc) is 2.75. The summed E-state index contributed by atoms with van der Waals surface area (Å²) in [7, 11) is 1.22. The molecule has 148 valence electrons. The molecule has 0 bridgehead atoms. The Hall–Kier alpha value is -3.54. The fourth-order valence-corrected chi connectivity index (χ4v) is 2.91. The minimum Gasteiger partial charge on any atom is -0.467 e. The van der Waals surface area contributed by atoms with Crippen LogP contribution in [0.1, 0.15) is 15.9 Å². The Morgan fingerprint density at radius 2 is 1.55 bits per heavy atom. The van der Waals surface area contributed by atoms with Gasteiger partial charge in [-0.15, -0.1) is 0 Å². The first-order valence-corrected chi connectivity index (χ1v) is 8.96. The van der Waals surface area contributed by atoms with Crippen molar-refractivity contribution in [1.29, 1.82) is 0 Å². The predicted octanol–water partition coefficient (Wildman–Crippen LogP) is 4.15. The van der Waals surface area contributed by atoms with E-state index in [1.54, 1.807) is 0 Å². The van der Waals surface area contributed by atoms with Gasteiger partial charge >= 0.3 is 5.97 Å². The van der Waals surface area contributed by atoms with Crippen LogP contribution in [0.2, 0.25) is 0 Å². The molecule has 0 fully saturated rings. The van der Waals surface area contributed by atoms with Gasteiger partial charge in [0.05, 0.1) is 7.11 Å². The zero-order valence-electron chi connectivity index (χ0n) is 15.7. The lowest BCUT2D eigenvalue weighted by molar-refractivity contribution is -0.142. The molecular weight excluding hydrogens is 376 g/mol. The molecule has 0 aliphatic heterocycles. The average molecular weight is 395 g/mol. The van der Waals surface area contributed by atoms with Crippen LogP contribution in [0, 0.1) is 11.6 Å². The Morgan fingerprint density at radius 1 is 0.897 bits per heavy atom. The minimum atomic E-state index is -1.14. The number of ether oxygens (including phenoxy) is 1. The van der Waals surface area contributed by atoms with Crippen molar-refractivity contribution in [2.75, 3.05) is 7.11 Å². The summed E-state index contributed by atoms with van der Waals surface area (Å²) in [5.74, 6) is -3.51. The van der Waals surface area contributed by atoms with Gasteiger partial charge in [0.25, 0.3) is 5.91 Å². The van der Waals surface area contributed by atoms with Gasteiger partial charge in [-0.05, 0) is 34.9 Å². The largest absolute Gasteiger partial charge is 0.467 e. The molecule has 3 rings (SSSR count). The number of halogens is 2. The molecule has 4 nitrogen and oxygen atoms in total. The molecular formula is C23H19F2NO3. The Kier molecular flexibility index (Phi) is 6.34. The molecule has 0 aromatic heterocycles. The second-order valence-electron chi connectivity index (χ2n) is 6.45. The van der Waals surface area contributed by atoms with Gasteiger partial charge in [-0.1, -0.05) is 54.6 Å². The molecule has 0 radical (unpaired) electrons. The smallest absolute Gasteiger partial charge is 0.328 e. The maximum Gasteiger partial charge on any atom is 0.328 e. The lowest BCUT2D eigenvalue weighted by Gasteiger charge is -2.17. The monoisotopic (exact) mass is 395 g/mol. The number of amides is 1. The van der Waals surface area contributed by atoms with E-state index in [2.05, 4.69) is 5.32 Å². The number of methoxy groups -OCH3 is 1. The van der Waals surface area contributed by atoms with E-state index in [4.69, 9.17) is 4.74 Å². The van der Waals surface area contributed by atoms with Gasteiger partial charge in [0.2, 0.25) is 0 Å². The number of hydrogen-bond donors (Lipinski definition) is 1. The number of nitrogens with one attached hydrogen (secondary N) is 1. The molecule has 1 amide bonds. The quantitative estimate of drug-likeness (QED) is 0.638.